The van der Waals surface area contributed by atoms with Crippen LogP contribution >= 0.6 is 103 Å². The van der Waals surface area contributed by atoms with Crippen LogP contribution in [0.1, 0.15) is 0 Å². The van der Waals surface area contributed by atoms with Crippen molar-refractivity contribution < 1.29 is 10.1 Å². The monoisotopic (exact) mass is 572 g/mol. The molecule has 0 nitrogen and oxygen atoms in total. The van der Waals surface area contributed by atoms with Crippen LogP contribution < -0.4 is 0 Å². The van der Waals surface area contributed by atoms with Crippen molar-refractivity contribution >= 4 is 103 Å². The van der Waals surface area contributed by atoms with Gasteiger partial charge in [0.05, 0.1) is 0 Å². The molecule has 0 aliphatic heterocycles. The molecule has 0 unspecified atom stereocenters. The van der Waals surface area contributed by atoms with E-state index in [0.29, 0.717) is 0 Å². The summed E-state index contributed by atoms with van der Waals surface area (Å²) < 4.78 is -7.15. The summed E-state index contributed by atoms with van der Waals surface area (Å²) in [6.45, 7) is 0. The van der Waals surface area contributed by atoms with Crippen LogP contribution in [0.2, 0.25) is 0 Å². The molecule has 0 N–H and O–H groups in total. The van der Waals surface area contributed by atoms with Crippen LogP contribution in [0.4, 0.5) is 0 Å². The van der Waals surface area contributed by atoms with Gasteiger partial charge in [0.2, 0.25) is 0 Å². The Hall–Kier alpha value is 4.12. The fourth-order valence-electron chi connectivity index (χ4n) is 0.107. The Labute approximate surface area is 112 Å². The fourth-order valence-corrected chi connectivity index (χ4v) is 71.0. The molecule has 0 spiro atoms. The number of rotatable bonds is 2. The molecule has 0 saturated heterocycles. The predicted octanol–water partition coefficient (Wildman–Crippen LogP) is 7.39. The van der Waals surface area contributed by atoms with E-state index >= 15 is 0 Å². The maximum absolute atomic E-state index is 5.80. The molecule has 0 heterocycles. The van der Waals surface area contributed by atoms with Gasteiger partial charge >= 0.3 is 113 Å². The van der Waals surface area contributed by atoms with Gasteiger partial charge in [0.1, 0.15) is 0 Å². The zero-order valence-electron chi connectivity index (χ0n) is 4.74. The van der Waals surface area contributed by atoms with E-state index in [4.69, 9.17) is 96.2 Å². The molecule has 0 aliphatic carbocycles. The van der Waals surface area contributed by atoms with Crippen LogP contribution in [-0.2, 0) is 10.1 Å². The van der Waals surface area contributed by atoms with E-state index in [-0.39, 0.29) is 0 Å². The van der Waals surface area contributed by atoms with E-state index < -0.39 is 17.2 Å². The minimum atomic E-state index is -5.00. The van der Waals surface area contributed by atoms with Crippen molar-refractivity contribution in [1.29, 1.82) is 0 Å². The Morgan fingerprint density at radius 1 is 0.583 bits per heavy atom. The average molecular weight is 575 g/mol. The van der Waals surface area contributed by atoms with Crippen LogP contribution in [-0.4, -0.2) is 0 Å². The Morgan fingerprint density at radius 3 is 0.750 bits per heavy atom. The molecule has 0 saturated carbocycles. The van der Waals surface area contributed by atoms with Crippen molar-refractivity contribution in [2.75, 3.05) is 0 Å². The zero-order valence-corrected chi connectivity index (χ0v) is 15.9. The zero-order chi connectivity index (χ0) is 10.4. The second-order valence-electron chi connectivity index (χ2n) is 1.41. The standard InChI is InChI=1S/2Cl3P.3ClH.Ir/c2*1-4(2)3;;;;/h;;3*1H;/q;;;;;+1/p-1. The van der Waals surface area contributed by atoms with Crippen molar-refractivity contribution in [3.8, 4) is 0 Å². The summed E-state index contributed by atoms with van der Waals surface area (Å²) >= 11 is 33.5. The molecule has 0 aliphatic rings. The normalized spacial score (nSPS) is 21.2. The van der Waals surface area contributed by atoms with Gasteiger partial charge in [-0.3, -0.25) is 0 Å². The van der Waals surface area contributed by atoms with Crippen LogP contribution in [0.5, 0.6) is 0 Å². The molecule has 0 bridgehead atoms. The van der Waals surface area contributed by atoms with E-state index in [2.05, 4.69) is 0 Å². The first kappa shape index (κ1) is 16.1. The first-order valence-electron chi connectivity index (χ1n) is 1.85. The van der Waals surface area contributed by atoms with Crippen molar-refractivity contribution in [2.24, 2.45) is 0 Å². The van der Waals surface area contributed by atoms with Crippen LogP contribution in [0.25, 0.3) is 0 Å². The van der Waals surface area contributed by atoms with Crippen molar-refractivity contribution in [3.63, 3.8) is 0 Å². The van der Waals surface area contributed by atoms with Gasteiger partial charge in [-0.2, -0.15) is 0 Å². The van der Waals surface area contributed by atoms with E-state index in [1.165, 1.54) is 0 Å². The fraction of sp³-hybridized carbons (Fsp3) is 0. The summed E-state index contributed by atoms with van der Waals surface area (Å²) in [4.78, 5) is 0. The summed E-state index contributed by atoms with van der Waals surface area (Å²) in [5, 5.41) is 0. The maximum atomic E-state index is 5.80. The molecule has 84 valence electrons. The van der Waals surface area contributed by atoms with Gasteiger partial charge < -0.3 is 0 Å². The molecule has 0 aromatic carbocycles. The molecule has 0 atom stereocenters. The quantitative estimate of drug-likeness (QED) is 0.302. The molecule has 12 heavy (non-hydrogen) atoms. The second kappa shape index (κ2) is 4.42. The van der Waals surface area contributed by atoms with Gasteiger partial charge in [-0.25, -0.2) is 0 Å². The van der Waals surface area contributed by atoms with Gasteiger partial charge in [-0.05, 0) is 0 Å². The molecule has 0 aromatic rings. The third-order valence-corrected chi connectivity index (χ3v) is 136. The van der Waals surface area contributed by atoms with Gasteiger partial charge in [0.15, 0.2) is 0 Å². The SMILES string of the molecule is Cl[PH](Cl)(Cl)[Ir]([Cl])([Cl])([Cl])[PH](Cl)(Cl)Cl. The van der Waals surface area contributed by atoms with Crippen molar-refractivity contribution in [2.45, 2.75) is 0 Å². The third kappa shape index (κ3) is 3.07. The van der Waals surface area contributed by atoms with Crippen LogP contribution in [0.3, 0.4) is 0 Å². The average Bonchev–Trinajstić information content (AvgIpc) is 1.55. The molecular formula is H2Cl9IrP2. The summed E-state index contributed by atoms with van der Waals surface area (Å²) in [6.07, 6.45) is 0. The van der Waals surface area contributed by atoms with E-state index in [1.807, 2.05) is 0 Å². The van der Waals surface area contributed by atoms with Gasteiger partial charge in [-0.1, -0.05) is 0 Å². The molecule has 12 heteroatoms. The molecular weight excluding hydrogens is 573 g/mol. The summed E-state index contributed by atoms with van der Waals surface area (Å²) in [5.74, 6) is 0. The number of hydrogen-bond donors (Lipinski definition) is 0. The molecule has 0 fully saturated rings. The third-order valence-electron chi connectivity index (χ3n) is 0.618. The molecule has 0 aromatic heterocycles. The molecule has 0 rings (SSSR count). The van der Waals surface area contributed by atoms with Gasteiger partial charge in [0, 0.05) is 0 Å². The van der Waals surface area contributed by atoms with Gasteiger partial charge in [0.25, 0.3) is 0 Å². The Morgan fingerprint density at radius 2 is 0.750 bits per heavy atom. The Kier molecular flexibility index (Phi) is 5.93. The first-order valence-corrected chi connectivity index (χ1v) is 27.7. The van der Waals surface area contributed by atoms with E-state index in [1.54, 1.807) is 0 Å². The Balaban J connectivity index is 5.29. The number of halogens is 9. The predicted molar refractivity (Wildman–Crippen MR) is 69.3 cm³/mol. The molecule has 0 radical (unpaired) electrons. The first-order chi connectivity index (χ1) is 4.79. The molecule has 0 amide bonds. The van der Waals surface area contributed by atoms with E-state index in [9.17, 15) is 0 Å². The van der Waals surface area contributed by atoms with Crippen molar-refractivity contribution in [3.05, 3.63) is 0 Å². The summed E-state index contributed by atoms with van der Waals surface area (Å²) in [6, 6.07) is 0. The van der Waals surface area contributed by atoms with Gasteiger partial charge in [-0.15, -0.1) is 0 Å². The second-order valence-corrected chi connectivity index (χ2v) is 83.9. The Bertz CT molecular complexity index is 157. The topological polar surface area (TPSA) is 0 Å². The van der Waals surface area contributed by atoms with Crippen molar-refractivity contribution in [1.82, 2.24) is 0 Å². The summed E-state index contributed by atoms with van der Waals surface area (Å²) in [7, 11) is 12.4. The van der Waals surface area contributed by atoms with E-state index in [0.717, 1.165) is 0 Å². The minimum absolute atomic E-state index is 3.57. The summed E-state index contributed by atoms with van der Waals surface area (Å²) in [5.41, 5.74) is 0. The number of hydrogen-bond acceptors (Lipinski definition) is 0. The van der Waals surface area contributed by atoms with Crippen LogP contribution in [0.15, 0.2) is 0 Å². The van der Waals surface area contributed by atoms with Crippen LogP contribution in [0, 0.1) is 0 Å².